The van der Waals surface area contributed by atoms with Crippen molar-refractivity contribution in [1.29, 1.82) is 0 Å². The smallest absolute Gasteiger partial charge is 0.140 e. The Bertz CT molecular complexity index is 288. The summed E-state index contributed by atoms with van der Waals surface area (Å²) in [6.45, 7) is 0. The summed E-state index contributed by atoms with van der Waals surface area (Å²) in [4.78, 5) is 4.52. The number of nitrogens with zero attached hydrogens (tertiary/aromatic N) is 1. The summed E-state index contributed by atoms with van der Waals surface area (Å²) in [6, 6.07) is 3.64. The summed E-state index contributed by atoms with van der Waals surface area (Å²) in [7, 11) is 1.60. The van der Waals surface area contributed by atoms with Crippen molar-refractivity contribution in [2.24, 2.45) is 5.73 Å². The Morgan fingerprint density at radius 2 is 2.50 bits per heavy atom. The molecule has 1 aromatic heterocycles. The third-order valence-electron chi connectivity index (χ3n) is 1.41. The second-order valence-corrected chi connectivity index (χ2v) is 2.82. The van der Waals surface area contributed by atoms with E-state index in [1.807, 2.05) is 12.1 Å². The minimum Gasteiger partial charge on any atom is -0.495 e. The van der Waals surface area contributed by atoms with Gasteiger partial charge in [0, 0.05) is 12.6 Å². The zero-order valence-corrected chi connectivity index (χ0v) is 7.60. The van der Waals surface area contributed by atoms with Gasteiger partial charge in [0.2, 0.25) is 0 Å². The summed E-state index contributed by atoms with van der Waals surface area (Å²) in [5, 5.41) is 0. The van der Waals surface area contributed by atoms with Crippen LogP contribution in [0.4, 0.5) is 0 Å². The fraction of sp³-hybridized carbons (Fsp3) is 0.250. The van der Waals surface area contributed by atoms with Crippen LogP contribution in [0.15, 0.2) is 18.3 Å². The Morgan fingerprint density at radius 3 is 3.08 bits per heavy atom. The van der Waals surface area contributed by atoms with Gasteiger partial charge in [-0.2, -0.15) is 0 Å². The summed E-state index contributed by atoms with van der Waals surface area (Å²) in [6.07, 6.45) is 2.18. The molecule has 4 heteroatoms. The van der Waals surface area contributed by atoms with Crippen molar-refractivity contribution >= 4 is 17.2 Å². The topological polar surface area (TPSA) is 48.1 Å². The zero-order valence-electron chi connectivity index (χ0n) is 6.78. The van der Waals surface area contributed by atoms with Gasteiger partial charge in [0.15, 0.2) is 0 Å². The fourth-order valence-electron chi connectivity index (χ4n) is 0.907. The van der Waals surface area contributed by atoms with E-state index in [4.69, 9.17) is 22.7 Å². The van der Waals surface area contributed by atoms with E-state index >= 15 is 0 Å². The third kappa shape index (κ3) is 2.17. The molecule has 0 bridgehead atoms. The van der Waals surface area contributed by atoms with Crippen LogP contribution in [-0.4, -0.2) is 17.1 Å². The first kappa shape index (κ1) is 8.93. The van der Waals surface area contributed by atoms with Gasteiger partial charge in [0.1, 0.15) is 5.75 Å². The Morgan fingerprint density at radius 1 is 1.75 bits per heavy atom. The lowest BCUT2D eigenvalue weighted by Crippen LogP contribution is -2.12. The van der Waals surface area contributed by atoms with E-state index in [-0.39, 0.29) is 0 Å². The number of rotatable bonds is 3. The minimum atomic E-state index is 0.423. The van der Waals surface area contributed by atoms with Crippen LogP contribution in [0.25, 0.3) is 0 Å². The predicted molar refractivity (Wildman–Crippen MR) is 51.3 cm³/mol. The maximum atomic E-state index is 5.38. The Hall–Kier alpha value is -1.16. The van der Waals surface area contributed by atoms with Crippen LogP contribution in [0.1, 0.15) is 5.69 Å². The van der Waals surface area contributed by atoms with Gasteiger partial charge in [-0.1, -0.05) is 12.2 Å². The largest absolute Gasteiger partial charge is 0.495 e. The van der Waals surface area contributed by atoms with E-state index in [0.717, 1.165) is 11.4 Å². The molecular weight excluding hydrogens is 172 g/mol. The van der Waals surface area contributed by atoms with Crippen molar-refractivity contribution in [3.05, 3.63) is 24.0 Å². The molecule has 0 fully saturated rings. The molecule has 1 heterocycles. The highest BCUT2D eigenvalue weighted by molar-refractivity contribution is 7.80. The summed E-state index contributed by atoms with van der Waals surface area (Å²) in [5.41, 5.74) is 6.17. The third-order valence-corrected chi connectivity index (χ3v) is 1.55. The molecule has 0 aliphatic rings. The lowest BCUT2D eigenvalue weighted by Gasteiger charge is -2.04. The van der Waals surface area contributed by atoms with Crippen molar-refractivity contribution in [2.75, 3.05) is 7.11 Å². The van der Waals surface area contributed by atoms with Gasteiger partial charge in [-0.05, 0) is 12.1 Å². The van der Waals surface area contributed by atoms with E-state index in [9.17, 15) is 0 Å². The molecule has 0 aromatic carbocycles. The van der Waals surface area contributed by atoms with E-state index in [2.05, 4.69) is 4.98 Å². The van der Waals surface area contributed by atoms with Crippen molar-refractivity contribution in [1.82, 2.24) is 4.98 Å². The number of ether oxygens (including phenoxy) is 1. The van der Waals surface area contributed by atoms with Gasteiger partial charge in [-0.25, -0.2) is 0 Å². The minimum absolute atomic E-state index is 0.423. The molecule has 12 heavy (non-hydrogen) atoms. The Kier molecular flexibility index (Phi) is 2.99. The van der Waals surface area contributed by atoms with E-state index in [1.54, 1.807) is 13.3 Å². The van der Waals surface area contributed by atoms with Gasteiger partial charge >= 0.3 is 0 Å². The van der Waals surface area contributed by atoms with Crippen LogP contribution >= 0.6 is 12.2 Å². The van der Waals surface area contributed by atoms with E-state index in [1.165, 1.54) is 0 Å². The van der Waals surface area contributed by atoms with Crippen LogP contribution < -0.4 is 10.5 Å². The quantitative estimate of drug-likeness (QED) is 0.706. The van der Waals surface area contributed by atoms with Gasteiger partial charge in [-0.3, -0.25) is 4.98 Å². The first-order chi connectivity index (χ1) is 5.74. The molecule has 0 amide bonds. The first-order valence-electron chi connectivity index (χ1n) is 3.50. The highest BCUT2D eigenvalue weighted by Crippen LogP contribution is 2.14. The summed E-state index contributed by atoms with van der Waals surface area (Å²) in [5.74, 6) is 0.727. The average molecular weight is 182 g/mol. The number of hydrogen-bond acceptors (Lipinski definition) is 3. The molecule has 0 saturated heterocycles. The number of nitrogens with two attached hydrogens (primary N) is 1. The van der Waals surface area contributed by atoms with E-state index < -0.39 is 0 Å². The number of pyridine rings is 1. The van der Waals surface area contributed by atoms with Crippen molar-refractivity contribution < 1.29 is 4.74 Å². The summed E-state index contributed by atoms with van der Waals surface area (Å²) >= 11 is 4.77. The van der Waals surface area contributed by atoms with Crippen molar-refractivity contribution in [2.45, 2.75) is 6.42 Å². The van der Waals surface area contributed by atoms with Crippen molar-refractivity contribution in [3.8, 4) is 5.75 Å². The second-order valence-electron chi connectivity index (χ2n) is 2.30. The number of hydrogen-bond donors (Lipinski definition) is 1. The normalized spacial score (nSPS) is 9.42. The molecule has 3 nitrogen and oxygen atoms in total. The standard InChI is InChI=1S/C8H10N2OS/c1-11-7-3-2-4-10-6(7)5-8(9)12/h2-4H,5H2,1H3,(H2,9,12). The zero-order chi connectivity index (χ0) is 8.97. The van der Waals surface area contributed by atoms with Gasteiger partial charge in [-0.15, -0.1) is 0 Å². The Balaban J connectivity index is 2.89. The van der Waals surface area contributed by atoms with Crippen LogP contribution in [0, 0.1) is 0 Å². The van der Waals surface area contributed by atoms with E-state index in [0.29, 0.717) is 11.4 Å². The first-order valence-corrected chi connectivity index (χ1v) is 3.91. The van der Waals surface area contributed by atoms with Gasteiger partial charge < -0.3 is 10.5 Å². The Labute approximate surface area is 76.6 Å². The highest BCUT2D eigenvalue weighted by atomic mass is 32.1. The fourth-order valence-corrected chi connectivity index (χ4v) is 1.04. The van der Waals surface area contributed by atoms with Crippen LogP contribution in [0.3, 0.4) is 0 Å². The molecular formula is C8H10N2OS. The van der Waals surface area contributed by atoms with Crippen molar-refractivity contribution in [3.63, 3.8) is 0 Å². The number of aromatic nitrogens is 1. The SMILES string of the molecule is COc1cccnc1CC(N)=S. The summed E-state index contributed by atoms with van der Waals surface area (Å²) < 4.78 is 5.07. The lowest BCUT2D eigenvalue weighted by atomic mass is 10.2. The van der Waals surface area contributed by atoms with Crippen LogP contribution in [-0.2, 0) is 6.42 Å². The number of thiocarbonyl (C=S) groups is 1. The van der Waals surface area contributed by atoms with Gasteiger partial charge in [0.25, 0.3) is 0 Å². The molecule has 64 valence electrons. The molecule has 0 aliphatic heterocycles. The molecule has 1 aromatic rings. The molecule has 2 N–H and O–H groups in total. The average Bonchev–Trinajstić information content (AvgIpc) is 2.04. The van der Waals surface area contributed by atoms with Gasteiger partial charge in [0.05, 0.1) is 17.8 Å². The molecule has 0 saturated carbocycles. The maximum Gasteiger partial charge on any atom is 0.140 e. The molecule has 0 aliphatic carbocycles. The number of methoxy groups -OCH3 is 1. The van der Waals surface area contributed by atoms with Crippen LogP contribution in [0.5, 0.6) is 5.75 Å². The molecule has 0 radical (unpaired) electrons. The monoisotopic (exact) mass is 182 g/mol. The van der Waals surface area contributed by atoms with Crippen LogP contribution in [0.2, 0.25) is 0 Å². The molecule has 0 unspecified atom stereocenters. The lowest BCUT2D eigenvalue weighted by molar-refractivity contribution is 0.408. The second kappa shape index (κ2) is 4.01. The molecule has 1 rings (SSSR count). The predicted octanol–water partition coefficient (Wildman–Crippen LogP) is 0.919. The highest BCUT2D eigenvalue weighted by Gasteiger charge is 2.03. The molecule has 0 spiro atoms. The molecule has 0 atom stereocenters. The maximum absolute atomic E-state index is 5.38.